The van der Waals surface area contributed by atoms with Gasteiger partial charge in [-0.1, -0.05) is 0 Å². The van der Waals surface area contributed by atoms with E-state index in [1.165, 1.54) is 12.3 Å². The largest absolute Gasteiger partial charge is 0.394 e. The summed E-state index contributed by atoms with van der Waals surface area (Å²) in [5, 5.41) is 12.1. The molecule has 1 aromatic heterocycles. The molecule has 1 aliphatic rings. The Morgan fingerprint density at radius 3 is 2.92 bits per heavy atom. The summed E-state index contributed by atoms with van der Waals surface area (Å²) in [6.07, 6.45) is 3.28. The number of nitrogens with zero attached hydrogens (tertiary/aromatic N) is 1. The Morgan fingerprint density at radius 1 is 1.62 bits per heavy atom. The van der Waals surface area contributed by atoms with Gasteiger partial charge in [-0.2, -0.15) is 4.39 Å². The van der Waals surface area contributed by atoms with Crippen LogP contribution in [0.15, 0.2) is 18.3 Å². The highest BCUT2D eigenvalue weighted by molar-refractivity contribution is 5.46. The summed E-state index contributed by atoms with van der Waals surface area (Å²) in [5.74, 6) is -0.501. The molecule has 0 radical (unpaired) electrons. The Hall–Kier alpha value is -1.16. The Labute approximate surface area is 75.6 Å². The van der Waals surface area contributed by atoms with Crippen LogP contribution in [-0.2, 0) is 0 Å². The van der Waals surface area contributed by atoms with Crippen LogP contribution in [0.5, 0.6) is 0 Å². The van der Waals surface area contributed by atoms with Gasteiger partial charge in [0, 0.05) is 18.0 Å². The molecule has 0 amide bonds. The minimum atomic E-state index is -0.501. The SMILES string of the molecule is OCC1(Nc2ccnc(F)c2)CC1. The van der Waals surface area contributed by atoms with Crippen LogP contribution in [0.2, 0.25) is 0 Å². The summed E-state index contributed by atoms with van der Waals surface area (Å²) in [5.41, 5.74) is 0.479. The molecule has 0 bridgehead atoms. The van der Waals surface area contributed by atoms with Crippen molar-refractivity contribution in [3.63, 3.8) is 0 Å². The van der Waals surface area contributed by atoms with Gasteiger partial charge in [0.05, 0.1) is 12.1 Å². The number of anilines is 1. The topological polar surface area (TPSA) is 45.1 Å². The Kier molecular flexibility index (Phi) is 1.92. The highest BCUT2D eigenvalue weighted by Gasteiger charge is 2.41. The number of pyridine rings is 1. The molecule has 0 saturated heterocycles. The molecule has 0 unspecified atom stereocenters. The van der Waals surface area contributed by atoms with Crippen molar-refractivity contribution >= 4 is 5.69 Å². The molecule has 1 aromatic rings. The lowest BCUT2D eigenvalue weighted by molar-refractivity contribution is 0.266. The zero-order valence-corrected chi connectivity index (χ0v) is 7.13. The maximum atomic E-state index is 12.7. The quantitative estimate of drug-likeness (QED) is 0.689. The smallest absolute Gasteiger partial charge is 0.214 e. The summed E-state index contributed by atoms with van der Waals surface area (Å²) in [7, 11) is 0. The number of nitrogens with one attached hydrogen (secondary N) is 1. The Balaban J connectivity index is 2.09. The van der Waals surface area contributed by atoms with Gasteiger partial charge in [-0.3, -0.25) is 0 Å². The number of aliphatic hydroxyl groups excluding tert-OH is 1. The predicted molar refractivity (Wildman–Crippen MR) is 46.9 cm³/mol. The molecule has 1 saturated carbocycles. The van der Waals surface area contributed by atoms with Gasteiger partial charge < -0.3 is 10.4 Å². The van der Waals surface area contributed by atoms with Crippen LogP contribution in [0.1, 0.15) is 12.8 Å². The van der Waals surface area contributed by atoms with E-state index >= 15 is 0 Å². The molecule has 4 heteroatoms. The van der Waals surface area contributed by atoms with E-state index in [0.717, 1.165) is 12.8 Å². The number of aliphatic hydroxyl groups is 1. The van der Waals surface area contributed by atoms with E-state index in [1.54, 1.807) is 6.07 Å². The van der Waals surface area contributed by atoms with Crippen LogP contribution in [0.25, 0.3) is 0 Å². The first kappa shape index (κ1) is 8.44. The first-order valence-corrected chi connectivity index (χ1v) is 4.25. The summed E-state index contributed by atoms with van der Waals surface area (Å²) in [6.45, 7) is 0.0942. The summed E-state index contributed by atoms with van der Waals surface area (Å²) >= 11 is 0. The van der Waals surface area contributed by atoms with Gasteiger partial charge in [-0.25, -0.2) is 4.98 Å². The van der Waals surface area contributed by atoms with E-state index in [-0.39, 0.29) is 12.1 Å². The number of aromatic nitrogens is 1. The van der Waals surface area contributed by atoms with Gasteiger partial charge in [0.15, 0.2) is 0 Å². The van der Waals surface area contributed by atoms with E-state index in [0.29, 0.717) is 5.69 Å². The van der Waals surface area contributed by atoms with Crippen molar-refractivity contribution in [2.24, 2.45) is 0 Å². The van der Waals surface area contributed by atoms with Gasteiger partial charge in [0.2, 0.25) is 5.95 Å². The van der Waals surface area contributed by atoms with E-state index in [1.807, 2.05) is 0 Å². The van der Waals surface area contributed by atoms with E-state index in [9.17, 15) is 4.39 Å². The molecule has 0 aromatic carbocycles. The van der Waals surface area contributed by atoms with Crippen LogP contribution < -0.4 is 5.32 Å². The molecule has 2 N–H and O–H groups in total. The molecule has 13 heavy (non-hydrogen) atoms. The average molecular weight is 182 g/mol. The highest BCUT2D eigenvalue weighted by atomic mass is 19.1. The van der Waals surface area contributed by atoms with Crippen molar-refractivity contribution in [3.8, 4) is 0 Å². The predicted octanol–water partition coefficient (Wildman–Crippen LogP) is 1.16. The summed E-state index contributed by atoms with van der Waals surface area (Å²) in [6, 6.07) is 3.02. The second kappa shape index (κ2) is 2.96. The van der Waals surface area contributed by atoms with Crippen molar-refractivity contribution in [3.05, 3.63) is 24.3 Å². The lowest BCUT2D eigenvalue weighted by Gasteiger charge is -2.15. The van der Waals surface area contributed by atoms with Gasteiger partial charge in [0.25, 0.3) is 0 Å². The fourth-order valence-corrected chi connectivity index (χ4v) is 1.26. The second-order valence-corrected chi connectivity index (χ2v) is 3.43. The van der Waals surface area contributed by atoms with Gasteiger partial charge >= 0.3 is 0 Å². The first-order valence-electron chi connectivity index (χ1n) is 4.25. The normalized spacial score (nSPS) is 18.3. The minimum Gasteiger partial charge on any atom is -0.394 e. The fourth-order valence-electron chi connectivity index (χ4n) is 1.26. The Bertz CT molecular complexity index is 312. The molecular formula is C9H11FN2O. The minimum absolute atomic E-state index is 0.0942. The molecule has 0 spiro atoms. The molecule has 0 atom stereocenters. The third-order valence-electron chi connectivity index (χ3n) is 2.29. The lowest BCUT2D eigenvalue weighted by Crippen LogP contribution is -2.25. The van der Waals surface area contributed by atoms with Crippen molar-refractivity contribution in [2.45, 2.75) is 18.4 Å². The molecular weight excluding hydrogens is 171 g/mol. The number of hydrogen-bond donors (Lipinski definition) is 2. The summed E-state index contributed by atoms with van der Waals surface area (Å²) < 4.78 is 12.7. The highest BCUT2D eigenvalue weighted by Crippen LogP contribution is 2.38. The molecule has 1 fully saturated rings. The zero-order valence-electron chi connectivity index (χ0n) is 7.13. The monoisotopic (exact) mass is 182 g/mol. The van der Waals surface area contributed by atoms with Crippen LogP contribution in [0.4, 0.5) is 10.1 Å². The standard InChI is InChI=1S/C9H11FN2O/c10-8-5-7(1-4-11-8)12-9(6-13)2-3-9/h1,4-5,13H,2-3,6H2,(H,11,12). The maximum Gasteiger partial charge on any atom is 0.214 e. The van der Waals surface area contributed by atoms with Crippen molar-refractivity contribution in [1.82, 2.24) is 4.98 Å². The summed E-state index contributed by atoms with van der Waals surface area (Å²) in [4.78, 5) is 3.45. The number of halogens is 1. The van der Waals surface area contributed by atoms with Crippen molar-refractivity contribution < 1.29 is 9.50 Å². The van der Waals surface area contributed by atoms with Gasteiger partial charge in [-0.05, 0) is 18.9 Å². The van der Waals surface area contributed by atoms with E-state index in [2.05, 4.69) is 10.3 Å². The van der Waals surface area contributed by atoms with Crippen LogP contribution in [0, 0.1) is 5.95 Å². The molecule has 0 aliphatic heterocycles. The molecule has 1 heterocycles. The maximum absolute atomic E-state index is 12.7. The Morgan fingerprint density at radius 2 is 2.38 bits per heavy atom. The lowest BCUT2D eigenvalue weighted by atomic mass is 10.2. The third-order valence-corrected chi connectivity index (χ3v) is 2.29. The third kappa shape index (κ3) is 1.78. The second-order valence-electron chi connectivity index (χ2n) is 3.43. The van der Waals surface area contributed by atoms with Gasteiger partial charge in [-0.15, -0.1) is 0 Å². The number of hydrogen-bond acceptors (Lipinski definition) is 3. The molecule has 1 aliphatic carbocycles. The molecule has 70 valence electrons. The van der Waals surface area contributed by atoms with Crippen molar-refractivity contribution in [2.75, 3.05) is 11.9 Å². The van der Waals surface area contributed by atoms with Crippen LogP contribution in [-0.4, -0.2) is 22.2 Å². The first-order chi connectivity index (χ1) is 6.24. The number of rotatable bonds is 3. The van der Waals surface area contributed by atoms with Crippen LogP contribution in [0.3, 0.4) is 0 Å². The van der Waals surface area contributed by atoms with E-state index < -0.39 is 5.95 Å². The average Bonchev–Trinajstić information content (AvgIpc) is 2.86. The zero-order chi connectivity index (χ0) is 9.31. The van der Waals surface area contributed by atoms with Crippen LogP contribution >= 0.6 is 0 Å². The molecule has 3 nitrogen and oxygen atoms in total. The van der Waals surface area contributed by atoms with E-state index in [4.69, 9.17) is 5.11 Å². The van der Waals surface area contributed by atoms with Gasteiger partial charge in [0.1, 0.15) is 0 Å². The fraction of sp³-hybridized carbons (Fsp3) is 0.444. The van der Waals surface area contributed by atoms with Crippen molar-refractivity contribution in [1.29, 1.82) is 0 Å². The molecule has 2 rings (SSSR count).